The van der Waals surface area contributed by atoms with E-state index in [9.17, 15) is 0 Å². The average molecular weight is 254 g/mol. The number of hydrogen-bond acceptors (Lipinski definition) is 5. The average Bonchev–Trinajstić information content (AvgIpc) is 3.01. The molecular formula is C12H22N4S. The van der Waals surface area contributed by atoms with Crippen LogP contribution in [0.1, 0.15) is 30.7 Å². The minimum absolute atomic E-state index is 0.681. The lowest BCUT2D eigenvalue weighted by atomic mass is 10.2. The first-order valence-electron chi connectivity index (χ1n) is 6.20. The standard InChI is InChI=1S/C12H22N4S/c1-15(2)7-4-8-16(3)12-10(9-5-6-9)11(13)14-17-12/h9H,4-8H2,1-3H3,(H2,13,14). The van der Waals surface area contributed by atoms with Crippen LogP contribution in [-0.2, 0) is 0 Å². The molecule has 0 radical (unpaired) electrons. The minimum Gasteiger partial charge on any atom is -0.383 e. The fourth-order valence-electron chi connectivity index (χ4n) is 2.06. The van der Waals surface area contributed by atoms with E-state index in [1.54, 1.807) is 11.5 Å². The molecule has 1 fully saturated rings. The Balaban J connectivity index is 1.96. The van der Waals surface area contributed by atoms with Crippen molar-refractivity contribution in [3.63, 3.8) is 0 Å². The van der Waals surface area contributed by atoms with Crippen LogP contribution >= 0.6 is 11.5 Å². The Bertz CT molecular complexity index is 371. The van der Waals surface area contributed by atoms with Gasteiger partial charge in [-0.05, 0) is 57.4 Å². The Morgan fingerprint density at radius 3 is 2.59 bits per heavy atom. The number of anilines is 2. The van der Waals surface area contributed by atoms with Gasteiger partial charge in [0.05, 0.1) is 0 Å². The number of aromatic nitrogens is 1. The summed E-state index contributed by atoms with van der Waals surface area (Å²) in [6.45, 7) is 2.19. The monoisotopic (exact) mass is 254 g/mol. The maximum Gasteiger partial charge on any atom is 0.142 e. The van der Waals surface area contributed by atoms with Crippen LogP contribution in [0.15, 0.2) is 0 Å². The summed E-state index contributed by atoms with van der Waals surface area (Å²) in [6.07, 6.45) is 3.73. The Morgan fingerprint density at radius 1 is 1.29 bits per heavy atom. The van der Waals surface area contributed by atoms with Crippen LogP contribution in [0.5, 0.6) is 0 Å². The van der Waals surface area contributed by atoms with Gasteiger partial charge in [0.25, 0.3) is 0 Å². The maximum absolute atomic E-state index is 5.96. The summed E-state index contributed by atoms with van der Waals surface area (Å²) in [5.74, 6) is 1.44. The third-order valence-electron chi connectivity index (χ3n) is 3.17. The fourth-order valence-corrected chi connectivity index (χ4v) is 2.94. The first kappa shape index (κ1) is 12.6. The first-order chi connectivity index (χ1) is 8.09. The van der Waals surface area contributed by atoms with Crippen molar-refractivity contribution >= 4 is 22.4 Å². The van der Waals surface area contributed by atoms with E-state index in [2.05, 4.69) is 35.3 Å². The predicted octanol–water partition coefficient (Wildman–Crippen LogP) is 1.99. The molecule has 1 aromatic rings. The van der Waals surface area contributed by atoms with Crippen molar-refractivity contribution in [2.45, 2.75) is 25.2 Å². The van der Waals surface area contributed by atoms with Crippen molar-refractivity contribution in [3.8, 4) is 0 Å². The molecule has 1 aliphatic rings. The normalized spacial score (nSPS) is 15.5. The quantitative estimate of drug-likeness (QED) is 0.843. The Hall–Kier alpha value is -0.810. The molecule has 0 aromatic carbocycles. The van der Waals surface area contributed by atoms with Crippen molar-refractivity contribution < 1.29 is 0 Å². The van der Waals surface area contributed by atoms with Crippen LogP contribution < -0.4 is 10.6 Å². The van der Waals surface area contributed by atoms with Gasteiger partial charge in [-0.1, -0.05) is 0 Å². The molecule has 96 valence electrons. The highest BCUT2D eigenvalue weighted by molar-refractivity contribution is 7.10. The molecule has 0 unspecified atom stereocenters. The Labute approximate surface area is 108 Å². The van der Waals surface area contributed by atoms with E-state index < -0.39 is 0 Å². The SMILES string of the molecule is CN(C)CCCN(C)c1snc(N)c1C1CC1. The number of nitrogens with zero attached hydrogens (tertiary/aromatic N) is 3. The van der Waals surface area contributed by atoms with Gasteiger partial charge < -0.3 is 15.5 Å². The van der Waals surface area contributed by atoms with Gasteiger partial charge in [0.1, 0.15) is 10.8 Å². The number of nitrogen functional groups attached to an aromatic ring is 1. The predicted molar refractivity (Wildman–Crippen MR) is 74.9 cm³/mol. The van der Waals surface area contributed by atoms with Gasteiger partial charge in [0, 0.05) is 19.2 Å². The molecule has 5 heteroatoms. The fraction of sp³-hybridized carbons (Fsp3) is 0.750. The van der Waals surface area contributed by atoms with Gasteiger partial charge in [-0.25, -0.2) is 0 Å². The van der Waals surface area contributed by atoms with E-state index in [0.717, 1.165) is 18.9 Å². The van der Waals surface area contributed by atoms with Gasteiger partial charge >= 0.3 is 0 Å². The van der Waals surface area contributed by atoms with Crippen molar-refractivity contribution in [1.82, 2.24) is 9.27 Å². The molecule has 0 saturated heterocycles. The molecule has 0 bridgehead atoms. The highest BCUT2D eigenvalue weighted by Crippen LogP contribution is 2.48. The molecule has 0 aliphatic heterocycles. The maximum atomic E-state index is 5.96. The van der Waals surface area contributed by atoms with Crippen LogP contribution in [0.2, 0.25) is 0 Å². The summed E-state index contributed by atoms with van der Waals surface area (Å²) in [6, 6.07) is 0. The third kappa shape index (κ3) is 3.10. The van der Waals surface area contributed by atoms with Crippen LogP contribution in [0, 0.1) is 0 Å². The van der Waals surface area contributed by atoms with E-state index in [1.165, 1.54) is 29.8 Å². The number of hydrogen-bond donors (Lipinski definition) is 1. The molecule has 2 N–H and O–H groups in total. The lowest BCUT2D eigenvalue weighted by molar-refractivity contribution is 0.402. The van der Waals surface area contributed by atoms with Crippen LogP contribution in [0.25, 0.3) is 0 Å². The highest BCUT2D eigenvalue weighted by atomic mass is 32.1. The summed E-state index contributed by atoms with van der Waals surface area (Å²) < 4.78 is 4.31. The summed E-state index contributed by atoms with van der Waals surface area (Å²) in [5.41, 5.74) is 7.27. The van der Waals surface area contributed by atoms with Gasteiger partial charge in [0.15, 0.2) is 0 Å². The van der Waals surface area contributed by atoms with Crippen LogP contribution in [0.3, 0.4) is 0 Å². The van der Waals surface area contributed by atoms with Crippen molar-refractivity contribution in [1.29, 1.82) is 0 Å². The molecule has 0 atom stereocenters. The Morgan fingerprint density at radius 2 is 2.00 bits per heavy atom. The largest absolute Gasteiger partial charge is 0.383 e. The van der Waals surface area contributed by atoms with Gasteiger partial charge in [-0.15, -0.1) is 0 Å². The van der Waals surface area contributed by atoms with Gasteiger partial charge in [-0.3, -0.25) is 0 Å². The molecule has 1 heterocycles. The first-order valence-corrected chi connectivity index (χ1v) is 6.98. The van der Waals surface area contributed by atoms with E-state index >= 15 is 0 Å². The van der Waals surface area contributed by atoms with Crippen LogP contribution in [0.4, 0.5) is 10.8 Å². The van der Waals surface area contributed by atoms with E-state index in [4.69, 9.17) is 5.73 Å². The van der Waals surface area contributed by atoms with E-state index in [0.29, 0.717) is 5.92 Å². The molecular weight excluding hydrogens is 232 g/mol. The Kier molecular flexibility index (Phi) is 3.89. The third-order valence-corrected chi connectivity index (χ3v) is 4.16. The van der Waals surface area contributed by atoms with Gasteiger partial charge in [-0.2, -0.15) is 4.37 Å². The van der Waals surface area contributed by atoms with E-state index in [-0.39, 0.29) is 0 Å². The lowest BCUT2D eigenvalue weighted by Crippen LogP contribution is -2.23. The second-order valence-corrected chi connectivity index (χ2v) is 5.89. The zero-order valence-electron chi connectivity index (χ0n) is 10.9. The second kappa shape index (κ2) is 5.23. The van der Waals surface area contributed by atoms with Crippen molar-refractivity contribution in [2.75, 3.05) is 44.9 Å². The van der Waals surface area contributed by atoms with E-state index in [1.807, 2.05) is 0 Å². The summed E-state index contributed by atoms with van der Waals surface area (Å²) >= 11 is 1.55. The van der Waals surface area contributed by atoms with Crippen LogP contribution in [-0.4, -0.2) is 43.5 Å². The minimum atomic E-state index is 0.681. The molecule has 1 aliphatic carbocycles. The number of nitrogens with two attached hydrogens (primary N) is 1. The molecule has 0 amide bonds. The van der Waals surface area contributed by atoms with Gasteiger partial charge in [0.2, 0.25) is 0 Å². The lowest BCUT2D eigenvalue weighted by Gasteiger charge is -2.19. The molecule has 4 nitrogen and oxygen atoms in total. The van der Waals surface area contributed by atoms with Crippen molar-refractivity contribution in [2.24, 2.45) is 0 Å². The highest BCUT2D eigenvalue weighted by Gasteiger charge is 2.31. The molecule has 1 aromatic heterocycles. The summed E-state index contributed by atoms with van der Waals surface area (Å²) in [4.78, 5) is 4.53. The smallest absolute Gasteiger partial charge is 0.142 e. The molecule has 0 spiro atoms. The zero-order valence-corrected chi connectivity index (χ0v) is 11.8. The topological polar surface area (TPSA) is 45.4 Å². The molecule has 1 saturated carbocycles. The zero-order chi connectivity index (χ0) is 12.4. The summed E-state index contributed by atoms with van der Waals surface area (Å²) in [7, 11) is 6.37. The van der Waals surface area contributed by atoms with Crippen molar-refractivity contribution in [3.05, 3.63) is 5.56 Å². The second-order valence-electron chi connectivity index (χ2n) is 5.14. The molecule has 17 heavy (non-hydrogen) atoms. The summed E-state index contributed by atoms with van der Waals surface area (Å²) in [5, 5.41) is 1.28. The molecule has 2 rings (SSSR count). The number of rotatable bonds is 6.